The lowest BCUT2D eigenvalue weighted by molar-refractivity contribution is 0.0696. The summed E-state index contributed by atoms with van der Waals surface area (Å²) in [6.45, 7) is 1.73. The largest absolute Gasteiger partial charge is 0.478 e. The van der Waals surface area contributed by atoms with Gasteiger partial charge >= 0.3 is 5.97 Å². The highest BCUT2D eigenvalue weighted by Gasteiger charge is 2.28. The number of carbonyl (C=O) groups is 1. The van der Waals surface area contributed by atoms with Crippen molar-refractivity contribution < 1.29 is 9.90 Å². The van der Waals surface area contributed by atoms with E-state index in [-0.39, 0.29) is 11.6 Å². The van der Waals surface area contributed by atoms with Crippen LogP contribution >= 0.6 is 0 Å². The molecule has 0 spiro atoms. The Bertz CT molecular complexity index is 907. The molecule has 1 saturated heterocycles. The molecule has 0 radical (unpaired) electrons. The molecule has 0 amide bonds. The topological polar surface area (TPSA) is 98.2 Å². The van der Waals surface area contributed by atoms with E-state index in [4.69, 9.17) is 5.11 Å². The van der Waals surface area contributed by atoms with Gasteiger partial charge in [-0.3, -0.25) is 0 Å². The lowest BCUT2D eigenvalue weighted by Crippen LogP contribution is -2.35. The van der Waals surface area contributed by atoms with Crippen molar-refractivity contribution in [1.29, 1.82) is 0 Å². The van der Waals surface area contributed by atoms with E-state index in [1.807, 2.05) is 19.3 Å². The summed E-state index contributed by atoms with van der Waals surface area (Å²) in [5.74, 6) is 0.746. The quantitative estimate of drug-likeness (QED) is 0.748. The summed E-state index contributed by atoms with van der Waals surface area (Å²) in [7, 11) is 1.99. The van der Waals surface area contributed by atoms with Gasteiger partial charge in [0.15, 0.2) is 0 Å². The molecule has 128 valence electrons. The second-order valence-electron chi connectivity index (χ2n) is 6.15. The molecule has 1 aliphatic heterocycles. The van der Waals surface area contributed by atoms with Gasteiger partial charge in [0.25, 0.3) is 0 Å². The van der Waals surface area contributed by atoms with Crippen LogP contribution in [0.3, 0.4) is 0 Å². The van der Waals surface area contributed by atoms with Crippen molar-refractivity contribution in [3.8, 4) is 0 Å². The van der Waals surface area contributed by atoms with Crippen LogP contribution < -0.4 is 9.80 Å². The number of rotatable bonds is 4. The third-order valence-corrected chi connectivity index (χ3v) is 4.70. The smallest absolute Gasteiger partial charge is 0.337 e. The van der Waals surface area contributed by atoms with Gasteiger partial charge in [0.05, 0.1) is 10.9 Å². The van der Waals surface area contributed by atoms with Gasteiger partial charge in [0.2, 0.25) is 0 Å². The molecule has 1 aliphatic rings. The van der Waals surface area contributed by atoms with E-state index in [9.17, 15) is 4.79 Å². The summed E-state index contributed by atoms with van der Waals surface area (Å²) in [4.78, 5) is 31.4. The van der Waals surface area contributed by atoms with Gasteiger partial charge < -0.3 is 19.9 Å². The monoisotopic (exact) mass is 338 g/mol. The van der Waals surface area contributed by atoms with E-state index in [2.05, 4.69) is 29.7 Å². The number of carboxylic acid groups (broad SMARTS) is 1. The maximum Gasteiger partial charge on any atom is 0.337 e. The van der Waals surface area contributed by atoms with E-state index in [1.165, 1.54) is 6.20 Å². The van der Waals surface area contributed by atoms with Gasteiger partial charge in [-0.15, -0.1) is 0 Å². The van der Waals surface area contributed by atoms with Crippen molar-refractivity contribution in [2.75, 3.05) is 29.9 Å². The minimum atomic E-state index is -0.965. The molecular weight excluding hydrogens is 320 g/mol. The van der Waals surface area contributed by atoms with Crippen LogP contribution in [0.1, 0.15) is 16.8 Å². The van der Waals surface area contributed by atoms with Crippen LogP contribution in [0.25, 0.3) is 11.0 Å². The molecule has 0 aromatic carbocycles. The highest BCUT2D eigenvalue weighted by atomic mass is 16.4. The predicted molar refractivity (Wildman–Crippen MR) is 94.1 cm³/mol. The van der Waals surface area contributed by atoms with Crippen molar-refractivity contribution in [2.24, 2.45) is 0 Å². The number of aromatic amines is 1. The molecule has 25 heavy (non-hydrogen) atoms. The number of aromatic carboxylic acids is 1. The van der Waals surface area contributed by atoms with Crippen LogP contribution in [0, 0.1) is 0 Å². The second kappa shape index (κ2) is 6.04. The number of likely N-dealkylation sites (N-methyl/N-ethyl adjacent to an activating group) is 1. The summed E-state index contributed by atoms with van der Waals surface area (Å²) in [5, 5.41) is 10.0. The number of nitrogens with one attached hydrogen (secondary N) is 1. The third kappa shape index (κ3) is 2.75. The zero-order valence-electron chi connectivity index (χ0n) is 13.8. The number of anilines is 2. The predicted octanol–water partition coefficient (Wildman–Crippen LogP) is 1.77. The number of hydrogen-bond acceptors (Lipinski definition) is 6. The molecule has 8 heteroatoms. The first kappa shape index (κ1) is 15.4. The minimum Gasteiger partial charge on any atom is -0.478 e. The average Bonchev–Trinajstić information content (AvgIpc) is 3.30. The average molecular weight is 338 g/mol. The van der Waals surface area contributed by atoms with Crippen molar-refractivity contribution >= 4 is 28.6 Å². The van der Waals surface area contributed by atoms with Gasteiger partial charge in [-0.2, -0.15) is 0 Å². The van der Waals surface area contributed by atoms with Crippen molar-refractivity contribution in [3.05, 3.63) is 42.5 Å². The van der Waals surface area contributed by atoms with Crippen LogP contribution in [0.15, 0.2) is 36.9 Å². The Morgan fingerprint density at radius 3 is 2.96 bits per heavy atom. The molecule has 1 unspecified atom stereocenters. The van der Waals surface area contributed by atoms with Gasteiger partial charge in [0.1, 0.15) is 23.6 Å². The first-order valence-electron chi connectivity index (χ1n) is 8.08. The zero-order chi connectivity index (χ0) is 17.4. The highest BCUT2D eigenvalue weighted by molar-refractivity contribution is 5.88. The van der Waals surface area contributed by atoms with E-state index in [0.717, 1.165) is 42.2 Å². The van der Waals surface area contributed by atoms with Crippen LogP contribution in [0.4, 0.5) is 11.6 Å². The fraction of sp³-hybridized carbons (Fsp3) is 0.294. The Kier molecular flexibility index (Phi) is 3.72. The van der Waals surface area contributed by atoms with Crippen molar-refractivity contribution in [2.45, 2.75) is 12.5 Å². The van der Waals surface area contributed by atoms with Crippen LogP contribution in [-0.4, -0.2) is 57.2 Å². The second-order valence-corrected chi connectivity index (χ2v) is 6.15. The number of nitrogens with zero attached hydrogens (tertiary/aromatic N) is 5. The Balaban J connectivity index is 1.52. The van der Waals surface area contributed by atoms with Crippen LogP contribution in [-0.2, 0) is 0 Å². The van der Waals surface area contributed by atoms with Gasteiger partial charge in [-0.1, -0.05) is 0 Å². The number of aromatic nitrogens is 4. The summed E-state index contributed by atoms with van der Waals surface area (Å²) in [6, 6.07) is 5.61. The van der Waals surface area contributed by atoms with Crippen LogP contribution in [0.2, 0.25) is 0 Å². The molecule has 4 heterocycles. The number of H-pyrrole nitrogens is 1. The third-order valence-electron chi connectivity index (χ3n) is 4.70. The summed E-state index contributed by atoms with van der Waals surface area (Å²) in [6.07, 6.45) is 5.83. The van der Waals surface area contributed by atoms with Crippen molar-refractivity contribution in [3.63, 3.8) is 0 Å². The Morgan fingerprint density at radius 2 is 2.20 bits per heavy atom. The molecule has 2 N–H and O–H groups in total. The molecule has 3 aromatic rings. The summed E-state index contributed by atoms with van der Waals surface area (Å²) in [5.41, 5.74) is 1.04. The van der Waals surface area contributed by atoms with Gasteiger partial charge in [0, 0.05) is 38.6 Å². The molecule has 0 aliphatic carbocycles. The molecule has 0 bridgehead atoms. The Labute approximate surface area is 144 Å². The maximum absolute atomic E-state index is 10.9. The van der Waals surface area contributed by atoms with Gasteiger partial charge in [-0.05, 0) is 24.6 Å². The van der Waals surface area contributed by atoms with E-state index >= 15 is 0 Å². The molecular formula is C17H18N6O2. The zero-order valence-corrected chi connectivity index (χ0v) is 13.8. The fourth-order valence-corrected chi connectivity index (χ4v) is 3.27. The SMILES string of the molecule is CN(c1ccc(C(=O)O)cn1)C1CCN(c2ncnc3[nH]ccc23)C1. The van der Waals surface area contributed by atoms with E-state index < -0.39 is 5.97 Å². The highest BCUT2D eigenvalue weighted by Crippen LogP contribution is 2.28. The van der Waals surface area contributed by atoms with Gasteiger partial charge in [-0.25, -0.2) is 19.7 Å². The number of carboxylic acids is 1. The van der Waals surface area contributed by atoms with Crippen LogP contribution in [0.5, 0.6) is 0 Å². The Hall–Kier alpha value is -3.16. The molecule has 3 aromatic heterocycles. The minimum absolute atomic E-state index is 0.195. The first-order valence-corrected chi connectivity index (χ1v) is 8.08. The summed E-state index contributed by atoms with van der Waals surface area (Å²) >= 11 is 0. The number of fused-ring (bicyclic) bond motifs is 1. The van der Waals surface area contributed by atoms with E-state index in [1.54, 1.807) is 18.5 Å². The van der Waals surface area contributed by atoms with Crippen molar-refractivity contribution in [1.82, 2.24) is 19.9 Å². The lowest BCUT2D eigenvalue weighted by atomic mass is 10.2. The molecule has 1 fully saturated rings. The maximum atomic E-state index is 10.9. The van der Waals surface area contributed by atoms with E-state index in [0.29, 0.717) is 0 Å². The first-order chi connectivity index (χ1) is 12.1. The molecule has 8 nitrogen and oxygen atoms in total. The number of hydrogen-bond donors (Lipinski definition) is 2. The molecule has 1 atom stereocenters. The fourth-order valence-electron chi connectivity index (χ4n) is 3.27. The standard InChI is InChI=1S/C17H18N6O2/c1-22(14-3-2-11(8-19-14)17(24)25)12-5-7-23(9-12)16-13-4-6-18-15(13)20-10-21-16/h2-4,6,8,10,12H,5,7,9H2,1H3,(H,24,25)(H,18,20,21). The Morgan fingerprint density at radius 1 is 1.32 bits per heavy atom. The lowest BCUT2D eigenvalue weighted by Gasteiger charge is -2.26. The normalized spacial score (nSPS) is 17.2. The molecule has 0 saturated carbocycles. The summed E-state index contributed by atoms with van der Waals surface area (Å²) < 4.78 is 0. The number of pyridine rings is 1. The molecule has 4 rings (SSSR count).